The van der Waals surface area contributed by atoms with Gasteiger partial charge in [-0.1, -0.05) is 19.9 Å². The molecule has 0 radical (unpaired) electrons. The molecule has 0 saturated carbocycles. The van der Waals surface area contributed by atoms with Gasteiger partial charge in [0.2, 0.25) is 5.91 Å². The summed E-state index contributed by atoms with van der Waals surface area (Å²) in [7, 11) is 1.80. The Morgan fingerprint density at radius 3 is 2.73 bits per heavy atom. The van der Waals surface area contributed by atoms with Crippen molar-refractivity contribution in [3.8, 4) is 0 Å². The highest BCUT2D eigenvalue weighted by molar-refractivity contribution is 7.10. The zero-order chi connectivity index (χ0) is 11.4. The minimum atomic E-state index is -0.506. The van der Waals surface area contributed by atoms with E-state index in [4.69, 9.17) is 5.73 Å². The van der Waals surface area contributed by atoms with Gasteiger partial charge in [0, 0.05) is 18.5 Å². The Kier molecular flexibility index (Phi) is 4.29. The van der Waals surface area contributed by atoms with Crippen LogP contribution < -0.4 is 5.73 Å². The van der Waals surface area contributed by atoms with Crippen molar-refractivity contribution in [2.45, 2.75) is 19.9 Å². The van der Waals surface area contributed by atoms with Crippen LogP contribution in [0.2, 0.25) is 0 Å². The van der Waals surface area contributed by atoms with Crippen molar-refractivity contribution in [1.29, 1.82) is 0 Å². The lowest BCUT2D eigenvalue weighted by molar-refractivity contribution is -0.131. The van der Waals surface area contributed by atoms with Gasteiger partial charge in [-0.25, -0.2) is 0 Å². The molecule has 0 fully saturated rings. The molecule has 1 atom stereocenters. The molecule has 1 rings (SSSR count). The number of rotatable bonds is 4. The van der Waals surface area contributed by atoms with E-state index in [0.717, 1.165) is 11.4 Å². The van der Waals surface area contributed by atoms with Crippen molar-refractivity contribution in [3.63, 3.8) is 0 Å². The van der Waals surface area contributed by atoms with Crippen LogP contribution in [0.5, 0.6) is 0 Å². The summed E-state index contributed by atoms with van der Waals surface area (Å²) in [5.41, 5.74) is 5.88. The summed E-state index contributed by atoms with van der Waals surface area (Å²) >= 11 is 1.52. The van der Waals surface area contributed by atoms with Crippen LogP contribution in [0.25, 0.3) is 0 Å². The molecule has 3 nitrogen and oxygen atoms in total. The maximum absolute atomic E-state index is 11.9. The standard InChI is InChI=1S/C11H18N2OS/c1-8(2)7-13(3)11(14)10(12)9-5-4-6-15-9/h4-6,8,10H,7,12H2,1-3H3. The van der Waals surface area contributed by atoms with E-state index in [1.165, 1.54) is 11.3 Å². The molecular formula is C11H18N2OS. The molecule has 0 spiro atoms. The van der Waals surface area contributed by atoms with Gasteiger partial charge in [0.1, 0.15) is 6.04 Å². The number of likely N-dealkylation sites (N-methyl/N-ethyl adjacent to an activating group) is 1. The molecule has 1 unspecified atom stereocenters. The van der Waals surface area contributed by atoms with Crippen LogP contribution in [0.15, 0.2) is 17.5 Å². The van der Waals surface area contributed by atoms with E-state index in [0.29, 0.717) is 5.92 Å². The molecule has 0 aliphatic carbocycles. The minimum absolute atomic E-state index is 0.00819. The Labute approximate surface area is 94.9 Å². The molecule has 0 aliphatic heterocycles. The second-order valence-electron chi connectivity index (χ2n) is 4.11. The van der Waals surface area contributed by atoms with Gasteiger partial charge in [0.05, 0.1) is 0 Å². The van der Waals surface area contributed by atoms with E-state index in [9.17, 15) is 4.79 Å². The third-order valence-electron chi connectivity index (χ3n) is 2.13. The Bertz CT molecular complexity index is 308. The van der Waals surface area contributed by atoms with Crippen molar-refractivity contribution in [2.24, 2.45) is 11.7 Å². The Morgan fingerprint density at radius 1 is 1.60 bits per heavy atom. The lowest BCUT2D eigenvalue weighted by atomic mass is 10.2. The zero-order valence-electron chi connectivity index (χ0n) is 9.43. The van der Waals surface area contributed by atoms with Crippen LogP contribution in [-0.2, 0) is 4.79 Å². The predicted molar refractivity (Wildman–Crippen MR) is 63.7 cm³/mol. The fraction of sp³-hybridized carbons (Fsp3) is 0.545. The van der Waals surface area contributed by atoms with Crippen LogP contribution in [0.1, 0.15) is 24.8 Å². The van der Waals surface area contributed by atoms with Gasteiger partial charge in [-0.05, 0) is 17.4 Å². The lowest BCUT2D eigenvalue weighted by Gasteiger charge is -2.22. The van der Waals surface area contributed by atoms with Gasteiger partial charge in [0.15, 0.2) is 0 Å². The van der Waals surface area contributed by atoms with E-state index >= 15 is 0 Å². The molecule has 1 aromatic rings. The van der Waals surface area contributed by atoms with Crippen molar-refractivity contribution in [1.82, 2.24) is 4.90 Å². The molecule has 4 heteroatoms. The molecule has 0 aromatic carbocycles. The lowest BCUT2D eigenvalue weighted by Crippen LogP contribution is -2.37. The zero-order valence-corrected chi connectivity index (χ0v) is 10.3. The average molecular weight is 226 g/mol. The number of carbonyl (C=O) groups excluding carboxylic acids is 1. The molecule has 15 heavy (non-hydrogen) atoms. The molecule has 2 N–H and O–H groups in total. The molecule has 84 valence electrons. The first kappa shape index (κ1) is 12.2. The number of nitrogens with zero attached hydrogens (tertiary/aromatic N) is 1. The number of thiophene rings is 1. The highest BCUT2D eigenvalue weighted by Gasteiger charge is 2.20. The van der Waals surface area contributed by atoms with Gasteiger partial charge >= 0.3 is 0 Å². The van der Waals surface area contributed by atoms with Crippen molar-refractivity contribution in [2.75, 3.05) is 13.6 Å². The van der Waals surface area contributed by atoms with Crippen LogP contribution in [-0.4, -0.2) is 24.4 Å². The molecular weight excluding hydrogens is 208 g/mol. The van der Waals surface area contributed by atoms with Crippen molar-refractivity contribution >= 4 is 17.2 Å². The fourth-order valence-electron chi connectivity index (χ4n) is 1.47. The van der Waals surface area contributed by atoms with Crippen LogP contribution in [0, 0.1) is 5.92 Å². The van der Waals surface area contributed by atoms with Gasteiger partial charge in [-0.2, -0.15) is 0 Å². The predicted octanol–water partition coefficient (Wildman–Crippen LogP) is 1.86. The molecule has 0 bridgehead atoms. The monoisotopic (exact) mass is 226 g/mol. The topological polar surface area (TPSA) is 46.3 Å². The average Bonchev–Trinajstić information content (AvgIpc) is 2.67. The summed E-state index contributed by atoms with van der Waals surface area (Å²) in [6.07, 6.45) is 0. The second kappa shape index (κ2) is 5.28. The third kappa shape index (κ3) is 3.32. The first-order valence-electron chi connectivity index (χ1n) is 5.06. The third-order valence-corrected chi connectivity index (χ3v) is 3.09. The molecule has 0 saturated heterocycles. The SMILES string of the molecule is CC(C)CN(C)C(=O)C(N)c1cccs1. The highest BCUT2D eigenvalue weighted by atomic mass is 32.1. The van der Waals surface area contributed by atoms with Gasteiger partial charge in [0.25, 0.3) is 0 Å². The summed E-state index contributed by atoms with van der Waals surface area (Å²) in [5.74, 6) is 0.459. The Morgan fingerprint density at radius 2 is 2.27 bits per heavy atom. The number of hydrogen-bond donors (Lipinski definition) is 1. The highest BCUT2D eigenvalue weighted by Crippen LogP contribution is 2.18. The van der Waals surface area contributed by atoms with E-state index in [2.05, 4.69) is 13.8 Å². The summed E-state index contributed by atoms with van der Waals surface area (Å²) in [4.78, 5) is 14.5. The molecule has 0 aliphatic rings. The smallest absolute Gasteiger partial charge is 0.244 e. The maximum Gasteiger partial charge on any atom is 0.244 e. The normalized spacial score (nSPS) is 12.9. The van der Waals surface area contributed by atoms with Gasteiger partial charge < -0.3 is 10.6 Å². The quantitative estimate of drug-likeness (QED) is 0.852. The minimum Gasteiger partial charge on any atom is -0.344 e. The van der Waals surface area contributed by atoms with E-state index in [1.54, 1.807) is 11.9 Å². The fourth-order valence-corrected chi connectivity index (χ4v) is 2.18. The Balaban J connectivity index is 2.60. The maximum atomic E-state index is 11.9. The van der Waals surface area contributed by atoms with E-state index < -0.39 is 6.04 Å². The van der Waals surface area contributed by atoms with Crippen LogP contribution >= 0.6 is 11.3 Å². The largest absolute Gasteiger partial charge is 0.344 e. The number of hydrogen-bond acceptors (Lipinski definition) is 3. The van der Waals surface area contributed by atoms with Gasteiger partial charge in [-0.3, -0.25) is 4.79 Å². The number of amides is 1. The summed E-state index contributed by atoms with van der Waals surface area (Å²) in [6, 6.07) is 3.31. The van der Waals surface area contributed by atoms with Crippen molar-refractivity contribution in [3.05, 3.63) is 22.4 Å². The van der Waals surface area contributed by atoms with Crippen molar-refractivity contribution < 1.29 is 4.79 Å². The molecule has 1 heterocycles. The summed E-state index contributed by atoms with van der Waals surface area (Å²) in [5, 5.41) is 1.94. The Hall–Kier alpha value is -0.870. The number of nitrogens with two attached hydrogens (primary N) is 1. The first-order valence-corrected chi connectivity index (χ1v) is 5.94. The summed E-state index contributed by atoms with van der Waals surface area (Å²) < 4.78 is 0. The van der Waals surface area contributed by atoms with Gasteiger partial charge in [-0.15, -0.1) is 11.3 Å². The molecule has 1 aromatic heterocycles. The van der Waals surface area contributed by atoms with E-state index in [-0.39, 0.29) is 5.91 Å². The van der Waals surface area contributed by atoms with E-state index in [1.807, 2.05) is 17.5 Å². The molecule has 1 amide bonds. The second-order valence-corrected chi connectivity index (χ2v) is 5.08. The van der Waals surface area contributed by atoms with Crippen LogP contribution in [0.4, 0.5) is 0 Å². The van der Waals surface area contributed by atoms with Crippen LogP contribution in [0.3, 0.4) is 0 Å². The first-order chi connectivity index (χ1) is 7.02. The summed E-state index contributed by atoms with van der Waals surface area (Å²) in [6.45, 7) is 4.92. The number of carbonyl (C=O) groups is 1.